The fourth-order valence-electron chi connectivity index (χ4n) is 2.35. The average Bonchev–Trinajstić information content (AvgIpc) is 2.13. The van der Waals surface area contributed by atoms with Crippen LogP contribution in [0.1, 0.15) is 19.8 Å². The second-order valence-corrected chi connectivity index (χ2v) is 4.22. The summed E-state index contributed by atoms with van der Waals surface area (Å²) in [6.07, 6.45) is 1.94. The molecule has 2 heterocycles. The van der Waals surface area contributed by atoms with Crippen molar-refractivity contribution in [3.63, 3.8) is 0 Å². The van der Waals surface area contributed by atoms with E-state index in [1.54, 1.807) is 0 Å². The minimum atomic E-state index is -0.538. The van der Waals surface area contributed by atoms with Crippen molar-refractivity contribution in [2.45, 2.75) is 32.0 Å². The standard InChI is InChI=1S/C10H19FN2/c1-2-12-5-3-10(4-6-12)13-7-9(11)8-13/h9-10H,2-8H2,1H3. The van der Waals surface area contributed by atoms with Gasteiger partial charge in [0.25, 0.3) is 0 Å². The molecule has 2 rings (SSSR count). The van der Waals surface area contributed by atoms with Gasteiger partial charge in [-0.05, 0) is 32.5 Å². The van der Waals surface area contributed by atoms with E-state index < -0.39 is 6.17 Å². The van der Waals surface area contributed by atoms with Crippen LogP contribution in [-0.4, -0.2) is 54.7 Å². The molecule has 0 radical (unpaired) electrons. The van der Waals surface area contributed by atoms with Crippen LogP contribution >= 0.6 is 0 Å². The summed E-state index contributed by atoms with van der Waals surface area (Å²) in [7, 11) is 0. The molecule has 0 saturated carbocycles. The van der Waals surface area contributed by atoms with Gasteiger partial charge in [-0.3, -0.25) is 4.90 Å². The number of likely N-dealkylation sites (tertiary alicyclic amines) is 2. The second kappa shape index (κ2) is 3.93. The summed E-state index contributed by atoms with van der Waals surface area (Å²) < 4.78 is 12.6. The van der Waals surface area contributed by atoms with Crippen molar-refractivity contribution in [1.82, 2.24) is 9.80 Å². The number of alkyl halides is 1. The van der Waals surface area contributed by atoms with Crippen molar-refractivity contribution in [2.75, 3.05) is 32.7 Å². The first-order valence-corrected chi connectivity index (χ1v) is 5.40. The van der Waals surface area contributed by atoms with Gasteiger partial charge in [0.05, 0.1) is 0 Å². The van der Waals surface area contributed by atoms with Crippen LogP contribution in [-0.2, 0) is 0 Å². The highest BCUT2D eigenvalue weighted by Crippen LogP contribution is 2.22. The van der Waals surface area contributed by atoms with Crippen molar-refractivity contribution in [3.8, 4) is 0 Å². The van der Waals surface area contributed by atoms with Crippen LogP contribution in [0.2, 0.25) is 0 Å². The lowest BCUT2D eigenvalue weighted by molar-refractivity contribution is 0.00285. The summed E-state index contributed by atoms with van der Waals surface area (Å²) in [5.74, 6) is 0. The fourth-order valence-corrected chi connectivity index (χ4v) is 2.35. The molecule has 0 aliphatic carbocycles. The van der Waals surface area contributed by atoms with E-state index in [0.717, 1.165) is 0 Å². The Morgan fingerprint density at radius 3 is 2.31 bits per heavy atom. The lowest BCUT2D eigenvalue weighted by Crippen LogP contribution is -2.56. The molecular weight excluding hydrogens is 167 g/mol. The summed E-state index contributed by atoms with van der Waals surface area (Å²) in [5.41, 5.74) is 0. The minimum Gasteiger partial charge on any atom is -0.303 e. The fraction of sp³-hybridized carbons (Fsp3) is 1.00. The van der Waals surface area contributed by atoms with Crippen molar-refractivity contribution in [1.29, 1.82) is 0 Å². The highest BCUT2D eigenvalue weighted by atomic mass is 19.1. The highest BCUT2D eigenvalue weighted by Gasteiger charge is 2.33. The quantitative estimate of drug-likeness (QED) is 0.638. The Labute approximate surface area is 79.7 Å². The van der Waals surface area contributed by atoms with Crippen molar-refractivity contribution < 1.29 is 4.39 Å². The Morgan fingerprint density at radius 1 is 1.23 bits per heavy atom. The zero-order chi connectivity index (χ0) is 9.26. The third kappa shape index (κ3) is 2.02. The Bertz CT molecular complexity index is 160. The zero-order valence-corrected chi connectivity index (χ0v) is 8.38. The number of halogens is 1. The summed E-state index contributed by atoms with van der Waals surface area (Å²) in [4.78, 5) is 4.78. The lowest BCUT2D eigenvalue weighted by atomic mass is 9.99. The number of hydrogen-bond donors (Lipinski definition) is 0. The van der Waals surface area contributed by atoms with E-state index in [2.05, 4.69) is 16.7 Å². The molecule has 0 aromatic heterocycles. The molecule has 0 amide bonds. The van der Waals surface area contributed by atoms with E-state index in [9.17, 15) is 4.39 Å². The molecule has 0 atom stereocenters. The van der Waals surface area contributed by atoms with Crippen LogP contribution in [0.5, 0.6) is 0 Å². The predicted octanol–water partition coefficient (Wildman–Crippen LogP) is 1.12. The van der Waals surface area contributed by atoms with E-state index in [1.165, 1.54) is 32.5 Å². The molecular formula is C10H19FN2. The van der Waals surface area contributed by atoms with E-state index in [4.69, 9.17) is 0 Å². The van der Waals surface area contributed by atoms with Gasteiger partial charge in [0.1, 0.15) is 6.17 Å². The average molecular weight is 186 g/mol. The van der Waals surface area contributed by atoms with E-state index in [0.29, 0.717) is 19.1 Å². The third-order valence-electron chi connectivity index (χ3n) is 3.39. The molecule has 2 saturated heterocycles. The summed E-state index contributed by atoms with van der Waals surface area (Å²) in [6.45, 7) is 7.16. The molecule has 2 aliphatic heterocycles. The van der Waals surface area contributed by atoms with Gasteiger partial charge in [-0.1, -0.05) is 6.92 Å². The van der Waals surface area contributed by atoms with E-state index in [1.807, 2.05) is 0 Å². The van der Waals surface area contributed by atoms with Gasteiger partial charge in [0, 0.05) is 19.1 Å². The van der Waals surface area contributed by atoms with Gasteiger partial charge in [-0.2, -0.15) is 0 Å². The number of rotatable bonds is 2. The molecule has 0 unspecified atom stereocenters. The van der Waals surface area contributed by atoms with Crippen LogP contribution in [0.15, 0.2) is 0 Å². The van der Waals surface area contributed by atoms with Gasteiger partial charge in [0.15, 0.2) is 0 Å². The van der Waals surface area contributed by atoms with Crippen molar-refractivity contribution in [3.05, 3.63) is 0 Å². The maximum Gasteiger partial charge on any atom is 0.125 e. The van der Waals surface area contributed by atoms with Gasteiger partial charge >= 0.3 is 0 Å². The Morgan fingerprint density at radius 2 is 1.85 bits per heavy atom. The highest BCUT2D eigenvalue weighted by molar-refractivity contribution is 4.88. The van der Waals surface area contributed by atoms with E-state index >= 15 is 0 Å². The molecule has 0 bridgehead atoms. The Balaban J connectivity index is 1.72. The Kier molecular flexibility index (Phi) is 2.84. The first-order chi connectivity index (χ1) is 6.29. The molecule has 2 fully saturated rings. The number of hydrogen-bond acceptors (Lipinski definition) is 2. The number of nitrogens with zero attached hydrogens (tertiary/aromatic N) is 2. The third-order valence-corrected chi connectivity index (χ3v) is 3.39. The largest absolute Gasteiger partial charge is 0.303 e. The SMILES string of the molecule is CCN1CCC(N2CC(F)C2)CC1. The normalized spacial score (nSPS) is 29.1. The van der Waals surface area contributed by atoms with Crippen LogP contribution in [0, 0.1) is 0 Å². The van der Waals surface area contributed by atoms with Crippen LogP contribution in [0.25, 0.3) is 0 Å². The Hall–Kier alpha value is -0.150. The molecule has 0 N–H and O–H groups in total. The monoisotopic (exact) mass is 186 g/mol. The molecule has 13 heavy (non-hydrogen) atoms. The topological polar surface area (TPSA) is 6.48 Å². The van der Waals surface area contributed by atoms with Crippen LogP contribution in [0.3, 0.4) is 0 Å². The summed E-state index contributed by atoms with van der Waals surface area (Å²) in [6, 6.07) is 0.676. The predicted molar refractivity (Wildman–Crippen MR) is 51.6 cm³/mol. The molecule has 2 nitrogen and oxygen atoms in total. The zero-order valence-electron chi connectivity index (χ0n) is 8.38. The second-order valence-electron chi connectivity index (χ2n) is 4.22. The number of piperidine rings is 1. The molecule has 3 heteroatoms. The lowest BCUT2D eigenvalue weighted by Gasteiger charge is -2.44. The van der Waals surface area contributed by atoms with Gasteiger partial charge < -0.3 is 4.90 Å². The van der Waals surface area contributed by atoms with Gasteiger partial charge in [-0.25, -0.2) is 4.39 Å². The molecule has 76 valence electrons. The molecule has 0 spiro atoms. The minimum absolute atomic E-state index is 0.538. The van der Waals surface area contributed by atoms with Crippen molar-refractivity contribution in [2.24, 2.45) is 0 Å². The maximum absolute atomic E-state index is 12.6. The van der Waals surface area contributed by atoms with Gasteiger partial charge in [0.2, 0.25) is 0 Å². The summed E-state index contributed by atoms with van der Waals surface area (Å²) in [5, 5.41) is 0. The van der Waals surface area contributed by atoms with Crippen LogP contribution in [0.4, 0.5) is 4.39 Å². The molecule has 0 aromatic rings. The summed E-state index contributed by atoms with van der Waals surface area (Å²) >= 11 is 0. The molecule has 0 aromatic carbocycles. The first kappa shape index (κ1) is 9.41. The van der Waals surface area contributed by atoms with E-state index in [-0.39, 0.29) is 0 Å². The van der Waals surface area contributed by atoms with Gasteiger partial charge in [-0.15, -0.1) is 0 Å². The first-order valence-electron chi connectivity index (χ1n) is 5.40. The van der Waals surface area contributed by atoms with Crippen LogP contribution < -0.4 is 0 Å². The molecule has 2 aliphatic rings. The van der Waals surface area contributed by atoms with Crippen molar-refractivity contribution >= 4 is 0 Å². The smallest absolute Gasteiger partial charge is 0.125 e. The maximum atomic E-state index is 12.6.